The van der Waals surface area contributed by atoms with Gasteiger partial charge in [0.1, 0.15) is 84.6 Å². The van der Waals surface area contributed by atoms with Crippen LogP contribution >= 0.6 is 24.4 Å². The molecule has 42 nitrogen and oxygen atoms in total. The number of guanidine groups is 3. The highest BCUT2D eigenvalue weighted by Crippen LogP contribution is 2.25. The fourth-order valence-corrected chi connectivity index (χ4v) is 14.4. The zero-order valence-corrected chi connectivity index (χ0v) is 67.3. The number of thiol groups is 1. The summed E-state index contributed by atoms with van der Waals surface area (Å²) in [5, 5.41) is 49.5. The number of aromatic amines is 1. The molecule has 44 heteroatoms. The number of aliphatic carboxylic acids is 1. The monoisotopic (exact) mass is 1660 g/mol. The zero-order chi connectivity index (χ0) is 85.3. The average molecular weight is 1660 g/mol. The third kappa shape index (κ3) is 29.0. The van der Waals surface area contributed by atoms with Crippen LogP contribution in [0, 0.1) is 5.92 Å². The highest BCUT2D eigenvalue weighted by atomic mass is 32.2. The molecule has 1 aromatic heterocycles. The van der Waals surface area contributed by atoms with Crippen molar-refractivity contribution in [1.29, 1.82) is 0 Å². The molecule has 0 bridgehead atoms. The van der Waals surface area contributed by atoms with Crippen LogP contribution in [0.25, 0.3) is 0 Å². The second kappa shape index (κ2) is 47.1. The fraction of sp³-hybridized carbons (Fsp3) is 0.625. The molecule has 1 aromatic carbocycles. The van der Waals surface area contributed by atoms with Crippen molar-refractivity contribution in [3.8, 4) is 0 Å². The van der Waals surface area contributed by atoms with Crippen LogP contribution in [0.15, 0.2) is 57.8 Å². The molecule has 0 saturated carbocycles. The largest absolute Gasteiger partial charge is 0.480 e. The molecule has 6 rings (SSSR count). The maximum atomic E-state index is 14.7. The van der Waals surface area contributed by atoms with Crippen LogP contribution in [0.2, 0.25) is 0 Å². The predicted octanol–water partition coefficient (Wildman–Crippen LogP) is -7.11. The van der Waals surface area contributed by atoms with Crippen LogP contribution in [-0.2, 0) is 84.8 Å². The van der Waals surface area contributed by atoms with Crippen LogP contribution in [-0.4, -0.2) is 290 Å². The Labute approximate surface area is 680 Å². The smallest absolute Gasteiger partial charge is 0.326 e. The molecule has 4 saturated heterocycles. The number of nitrogens with one attached hydrogen (secondary N) is 12. The van der Waals surface area contributed by atoms with Gasteiger partial charge in [0.25, 0.3) is 0 Å². The maximum Gasteiger partial charge on any atom is 0.326 e. The molecule has 1 unspecified atom stereocenters. The van der Waals surface area contributed by atoms with Crippen LogP contribution in [0.5, 0.6) is 0 Å². The van der Waals surface area contributed by atoms with Crippen molar-refractivity contribution in [2.45, 2.75) is 215 Å². The van der Waals surface area contributed by atoms with Gasteiger partial charge in [-0.1, -0.05) is 44.2 Å². The van der Waals surface area contributed by atoms with Crippen molar-refractivity contribution in [3.63, 3.8) is 0 Å². The number of aliphatic imine (C=N–C) groups is 3. The van der Waals surface area contributed by atoms with Gasteiger partial charge >= 0.3 is 5.97 Å². The number of carboxylic acids is 1. The van der Waals surface area contributed by atoms with Crippen LogP contribution in [0.3, 0.4) is 0 Å². The normalized spacial score (nSPS) is 18.9. The number of likely N-dealkylation sites (tertiary alicyclic amines) is 3. The second-order valence-electron chi connectivity index (χ2n) is 29.0. The molecule has 2 aromatic rings. The number of rotatable bonds is 46. The summed E-state index contributed by atoms with van der Waals surface area (Å²) in [5.74, 6) is -13.4. The van der Waals surface area contributed by atoms with Gasteiger partial charge in [0.05, 0.1) is 12.9 Å². The van der Waals surface area contributed by atoms with Gasteiger partial charge < -0.3 is 123 Å². The Kier molecular flexibility index (Phi) is 38.1. The third-order valence-corrected chi connectivity index (χ3v) is 20.9. The molecule has 14 amide bonds. The number of carboxylic acid groups (broad SMARTS) is 1. The van der Waals surface area contributed by atoms with E-state index in [1.807, 2.05) is 0 Å². The Morgan fingerprint density at radius 3 is 1.47 bits per heavy atom. The van der Waals surface area contributed by atoms with Gasteiger partial charge in [0.2, 0.25) is 82.7 Å². The number of carbonyl (C=O) groups excluding carboxylic acids is 14. The minimum absolute atomic E-state index is 0.00987. The Balaban J connectivity index is 1.11. The number of hydrogen-bond acceptors (Lipinski definition) is 22. The molecule has 4 fully saturated rings. The van der Waals surface area contributed by atoms with E-state index in [-0.39, 0.29) is 159 Å². The van der Waals surface area contributed by atoms with Crippen molar-refractivity contribution < 1.29 is 82.1 Å². The number of H-pyrrole nitrogens is 1. The molecular weight excluding hydrogens is 1550 g/mol. The summed E-state index contributed by atoms with van der Waals surface area (Å²) in [7, 11) is 0. The standard InChI is InChI=1S/C72H113N25O17S2/c1-38(2)55(68(112)96-29-12-20-52(96)65(109)91-48(32-40-14-6-5-7-15-40)67(111)97-30-13-21-53(97)69(113)114)94-60(104)44(18-10-27-82-72(77)78)88-62(106)49(35-98)92-61(105)47(33-41-34-79-37-83-41)90-56(100)39(3)84-64(108)51-19-11-28-95(51)66(110)46(24-31-116-4)89-63(107)50(36-115)93-58(102)43(17-9-26-81-71(75)76)86-57(101)42(16-8-25-80-70(73)74)87-59(103)45-22-23-54(99)85-45/h5-7,14-15,34,37-39,42-53,55,98,115H,8-13,16-33,35-36H2,1-4H3,(H,79,83)(H,84,108)(H,85,99)(H,86,101)(H,87,103)(H,88,106)(H,89,107)(H,90,100)(H,91,109)(H,92,105)(H,93,102)(H,94,104)(H,113,114)(H4,73,74,80)(H4,75,76,81)(H4,77,78,82)/t39-,42+,43-,44-,45?,46-,47-,48-,49-,50-,51-,52-,53-,55-/m1/s1. The number of thioether (sulfide) groups is 1. The van der Waals surface area contributed by atoms with Gasteiger partial charge in [-0.15, -0.1) is 0 Å². The van der Waals surface area contributed by atoms with E-state index in [2.05, 4.69) is 96.1 Å². The van der Waals surface area contributed by atoms with E-state index < -0.39 is 180 Å². The van der Waals surface area contributed by atoms with Gasteiger partial charge in [0, 0.05) is 76.2 Å². The first-order valence-corrected chi connectivity index (χ1v) is 40.6. The predicted molar refractivity (Wildman–Crippen MR) is 429 cm³/mol. The Hall–Kier alpha value is -11.1. The number of benzene rings is 1. The van der Waals surface area contributed by atoms with Gasteiger partial charge in [-0.3, -0.25) is 82.1 Å². The number of aromatic nitrogens is 2. The van der Waals surface area contributed by atoms with Crippen molar-refractivity contribution in [1.82, 2.24) is 83.2 Å². The number of imidazole rings is 1. The number of aliphatic hydroxyl groups is 1. The van der Waals surface area contributed by atoms with Crippen molar-refractivity contribution in [2.75, 3.05) is 63.6 Å². The number of amides is 14. The first-order valence-electron chi connectivity index (χ1n) is 38.6. The topological polar surface area (TPSA) is 660 Å². The fourth-order valence-electron chi connectivity index (χ4n) is 13.7. The number of nitrogens with two attached hydrogens (primary N) is 6. The second-order valence-corrected chi connectivity index (χ2v) is 30.3. The molecule has 4 aliphatic heterocycles. The lowest BCUT2D eigenvalue weighted by atomic mass is 10.0. The Bertz CT molecular complexity index is 3830. The van der Waals surface area contributed by atoms with E-state index in [9.17, 15) is 82.1 Å². The van der Waals surface area contributed by atoms with Crippen molar-refractivity contribution in [3.05, 3.63) is 54.1 Å². The lowest BCUT2D eigenvalue weighted by Crippen LogP contribution is -2.61. The molecule has 14 atom stereocenters. The van der Waals surface area contributed by atoms with E-state index >= 15 is 0 Å². The summed E-state index contributed by atoms with van der Waals surface area (Å²) >= 11 is 5.70. The van der Waals surface area contributed by atoms with Crippen molar-refractivity contribution in [2.24, 2.45) is 55.3 Å². The van der Waals surface area contributed by atoms with E-state index in [1.54, 1.807) is 50.4 Å². The molecule has 26 N–H and O–H groups in total. The summed E-state index contributed by atoms with van der Waals surface area (Å²) in [6.45, 7) is 3.90. The van der Waals surface area contributed by atoms with Gasteiger partial charge in [-0.2, -0.15) is 24.4 Å². The molecular formula is C72H113N25O17S2. The minimum atomic E-state index is -1.81. The molecule has 0 spiro atoms. The summed E-state index contributed by atoms with van der Waals surface area (Å²) in [5.41, 5.74) is 34.2. The summed E-state index contributed by atoms with van der Waals surface area (Å²) < 4.78 is 0. The Morgan fingerprint density at radius 1 is 0.534 bits per heavy atom. The van der Waals surface area contributed by atoms with E-state index in [0.29, 0.717) is 36.3 Å². The van der Waals surface area contributed by atoms with Gasteiger partial charge in [-0.05, 0) is 120 Å². The number of carbonyl (C=O) groups is 15. The van der Waals surface area contributed by atoms with Crippen LogP contribution in [0.1, 0.15) is 128 Å². The first-order chi connectivity index (χ1) is 55.2. The van der Waals surface area contributed by atoms with Gasteiger partial charge in [-0.25, -0.2) is 9.78 Å². The average Bonchev–Trinajstić information content (AvgIpc) is 1.61. The summed E-state index contributed by atoms with van der Waals surface area (Å²) in [6, 6.07) is -9.64. The molecule has 640 valence electrons. The highest BCUT2D eigenvalue weighted by Gasteiger charge is 2.45. The lowest BCUT2D eigenvalue weighted by Gasteiger charge is -2.33. The summed E-state index contributed by atoms with van der Waals surface area (Å²) in [6.07, 6.45) is 6.24. The number of aliphatic hydroxyl groups excluding tert-OH is 1. The lowest BCUT2D eigenvalue weighted by molar-refractivity contribution is -0.150. The quantitative estimate of drug-likeness (QED) is 0.0127. The molecule has 0 aliphatic carbocycles. The molecule has 116 heavy (non-hydrogen) atoms. The van der Waals surface area contributed by atoms with Crippen molar-refractivity contribution >= 4 is 131 Å². The molecule has 0 radical (unpaired) electrons. The maximum absolute atomic E-state index is 14.7. The van der Waals surface area contributed by atoms with Crippen LogP contribution < -0.4 is 92.9 Å². The van der Waals surface area contributed by atoms with E-state index in [0.717, 1.165) is 0 Å². The van der Waals surface area contributed by atoms with E-state index in [4.69, 9.17) is 34.4 Å². The Morgan fingerprint density at radius 2 is 0.983 bits per heavy atom. The SMILES string of the molecule is CSCC[C@@H](NC(=O)[C@@H](CS)NC(=O)[C@@H](CCCN=C(N)N)NC(=O)[C@H](CCCN=C(N)N)NC(=O)C1CCC(=O)N1)C(=O)N1CCC[C@@H]1C(=O)N[C@H](C)C(=O)N[C@H](Cc1cnc[nH]1)C(=O)N[C@H](CO)C(=O)N[C@H](CCCN=C(N)N)C(=O)N[C@@H](C(=O)N1CCC[C@@H]1C(=O)N[C@H](Cc1ccccc1)C(=O)N1CCC[C@@H]1C(=O)O)C(C)C. The van der Waals surface area contributed by atoms with E-state index in [1.165, 1.54) is 45.9 Å². The number of nitrogens with zero attached hydrogens (tertiary/aromatic N) is 7. The highest BCUT2D eigenvalue weighted by molar-refractivity contribution is 7.98. The molecule has 4 aliphatic rings. The summed E-state index contributed by atoms with van der Waals surface area (Å²) in [4.78, 5) is 232. The van der Waals surface area contributed by atoms with Crippen LogP contribution in [0.4, 0.5) is 0 Å². The number of hydrogen-bond donors (Lipinski definition) is 21. The van der Waals surface area contributed by atoms with Gasteiger partial charge in [0.15, 0.2) is 17.9 Å². The first kappa shape index (κ1) is 93.8. The molecule has 5 heterocycles. The zero-order valence-electron chi connectivity index (χ0n) is 65.6. The third-order valence-electron chi connectivity index (χ3n) is 19.9. The minimum Gasteiger partial charge on any atom is -0.480 e.